The summed E-state index contributed by atoms with van der Waals surface area (Å²) in [7, 11) is 0. The van der Waals surface area contributed by atoms with Crippen molar-refractivity contribution in [2.45, 2.75) is 45.4 Å². The van der Waals surface area contributed by atoms with E-state index in [0.29, 0.717) is 43.4 Å². The molecule has 1 saturated heterocycles. The number of thiophene rings is 1. The molecular formula is C21H23F2N3O2S. The molecule has 8 heteroatoms. The monoisotopic (exact) mass is 419 g/mol. The summed E-state index contributed by atoms with van der Waals surface area (Å²) in [5.41, 5.74) is 0.533. The van der Waals surface area contributed by atoms with Crippen LogP contribution < -0.4 is 5.56 Å². The van der Waals surface area contributed by atoms with Crippen LogP contribution in [0.1, 0.15) is 28.8 Å². The first-order valence-corrected chi connectivity index (χ1v) is 10.4. The Labute approximate surface area is 171 Å². The van der Waals surface area contributed by atoms with Crippen molar-refractivity contribution in [3.63, 3.8) is 0 Å². The number of piperidine rings is 1. The van der Waals surface area contributed by atoms with Gasteiger partial charge in [0.15, 0.2) is 11.6 Å². The molecule has 1 aromatic carbocycles. The number of nitrogens with zero attached hydrogens (tertiary/aromatic N) is 3. The maximum atomic E-state index is 13.4. The molecule has 3 aromatic rings. The van der Waals surface area contributed by atoms with E-state index in [-0.39, 0.29) is 12.1 Å². The molecule has 0 atom stereocenters. The van der Waals surface area contributed by atoms with Crippen molar-refractivity contribution >= 4 is 21.6 Å². The normalized spacial score (nSPS) is 17.1. The van der Waals surface area contributed by atoms with Gasteiger partial charge in [0.2, 0.25) is 0 Å². The van der Waals surface area contributed by atoms with Crippen LogP contribution in [-0.2, 0) is 13.1 Å². The molecule has 3 heterocycles. The lowest BCUT2D eigenvalue weighted by molar-refractivity contribution is -0.0365. The number of aliphatic hydroxyl groups is 1. The number of benzene rings is 1. The minimum atomic E-state index is -0.997. The lowest BCUT2D eigenvalue weighted by Gasteiger charge is -2.38. The van der Waals surface area contributed by atoms with E-state index in [0.717, 1.165) is 21.3 Å². The van der Waals surface area contributed by atoms with Crippen molar-refractivity contribution in [3.8, 4) is 0 Å². The predicted molar refractivity (Wildman–Crippen MR) is 109 cm³/mol. The Morgan fingerprint density at radius 1 is 1.21 bits per heavy atom. The zero-order valence-corrected chi connectivity index (χ0v) is 17.2. The highest BCUT2D eigenvalue weighted by Crippen LogP contribution is 2.28. The molecule has 0 amide bonds. The summed E-state index contributed by atoms with van der Waals surface area (Å²) in [5, 5.41) is 11.7. The third-order valence-corrected chi connectivity index (χ3v) is 6.91. The van der Waals surface area contributed by atoms with Crippen molar-refractivity contribution in [2.75, 3.05) is 13.1 Å². The molecule has 0 radical (unpaired) electrons. The molecule has 1 aliphatic rings. The summed E-state index contributed by atoms with van der Waals surface area (Å²) >= 11 is 1.51. The number of rotatable bonds is 4. The fourth-order valence-corrected chi connectivity index (χ4v) is 4.87. The largest absolute Gasteiger partial charge is 0.388 e. The van der Waals surface area contributed by atoms with Crippen LogP contribution in [0.4, 0.5) is 8.78 Å². The van der Waals surface area contributed by atoms with Crippen LogP contribution in [0.15, 0.2) is 29.3 Å². The van der Waals surface area contributed by atoms with E-state index in [1.165, 1.54) is 28.3 Å². The van der Waals surface area contributed by atoms with Crippen LogP contribution in [0, 0.1) is 25.5 Å². The Morgan fingerprint density at radius 3 is 2.62 bits per heavy atom. The molecule has 1 aliphatic heterocycles. The zero-order valence-electron chi connectivity index (χ0n) is 16.4. The van der Waals surface area contributed by atoms with Gasteiger partial charge < -0.3 is 5.11 Å². The average Bonchev–Trinajstić information content (AvgIpc) is 2.97. The van der Waals surface area contributed by atoms with Crippen LogP contribution in [0.25, 0.3) is 10.2 Å². The van der Waals surface area contributed by atoms with Crippen molar-refractivity contribution in [2.24, 2.45) is 0 Å². The van der Waals surface area contributed by atoms with Crippen LogP contribution >= 0.6 is 11.3 Å². The second-order valence-electron chi connectivity index (χ2n) is 7.89. The Bertz CT molecular complexity index is 1120. The van der Waals surface area contributed by atoms with Crippen LogP contribution in [0.3, 0.4) is 0 Å². The smallest absolute Gasteiger partial charge is 0.262 e. The van der Waals surface area contributed by atoms with Gasteiger partial charge in [0.05, 0.1) is 23.9 Å². The van der Waals surface area contributed by atoms with Gasteiger partial charge in [-0.3, -0.25) is 14.3 Å². The third kappa shape index (κ3) is 3.97. The van der Waals surface area contributed by atoms with Gasteiger partial charge in [-0.15, -0.1) is 11.3 Å². The Balaban J connectivity index is 1.45. The fraction of sp³-hybridized carbons (Fsp3) is 0.429. The highest BCUT2D eigenvalue weighted by Gasteiger charge is 2.33. The van der Waals surface area contributed by atoms with Crippen LogP contribution in [-0.4, -0.2) is 38.2 Å². The third-order valence-electron chi connectivity index (χ3n) is 5.80. The van der Waals surface area contributed by atoms with Gasteiger partial charge in [-0.05, 0) is 49.9 Å². The molecular weight excluding hydrogens is 396 g/mol. The van der Waals surface area contributed by atoms with Crippen molar-refractivity contribution in [1.82, 2.24) is 14.5 Å². The number of aromatic nitrogens is 2. The predicted octanol–water partition coefficient (Wildman–Crippen LogP) is 3.38. The summed E-state index contributed by atoms with van der Waals surface area (Å²) in [5.74, 6) is -1.70. The molecule has 154 valence electrons. The van der Waals surface area contributed by atoms with E-state index in [2.05, 4.69) is 9.88 Å². The van der Waals surface area contributed by atoms with Gasteiger partial charge in [-0.2, -0.15) is 0 Å². The zero-order chi connectivity index (χ0) is 20.8. The Kier molecular flexibility index (Phi) is 5.27. The van der Waals surface area contributed by atoms with Gasteiger partial charge in [-0.25, -0.2) is 13.8 Å². The van der Waals surface area contributed by atoms with Crippen LogP contribution in [0.2, 0.25) is 0 Å². The minimum absolute atomic E-state index is 0.116. The van der Waals surface area contributed by atoms with Gasteiger partial charge in [0.1, 0.15) is 4.83 Å². The van der Waals surface area contributed by atoms with Gasteiger partial charge in [-0.1, -0.05) is 6.07 Å². The summed E-state index contributed by atoms with van der Waals surface area (Å²) in [6.07, 6.45) is 2.50. The average molecular weight is 419 g/mol. The Morgan fingerprint density at radius 2 is 1.93 bits per heavy atom. The second kappa shape index (κ2) is 7.59. The maximum Gasteiger partial charge on any atom is 0.262 e. The highest BCUT2D eigenvalue weighted by molar-refractivity contribution is 7.18. The lowest BCUT2D eigenvalue weighted by Crippen LogP contribution is -2.47. The number of aryl methyl sites for hydroxylation is 2. The minimum Gasteiger partial charge on any atom is -0.388 e. The molecule has 1 N–H and O–H groups in total. The molecule has 2 aromatic heterocycles. The number of halogens is 2. The van der Waals surface area contributed by atoms with Gasteiger partial charge >= 0.3 is 0 Å². The fourth-order valence-electron chi connectivity index (χ4n) is 3.88. The summed E-state index contributed by atoms with van der Waals surface area (Å²) < 4.78 is 28.0. The van der Waals surface area contributed by atoms with Gasteiger partial charge in [0.25, 0.3) is 5.56 Å². The molecule has 4 rings (SSSR count). The molecule has 29 heavy (non-hydrogen) atoms. The first-order chi connectivity index (χ1) is 13.8. The number of hydrogen-bond donors (Lipinski definition) is 1. The molecule has 0 spiro atoms. The number of fused-ring (bicyclic) bond motifs is 1. The standard InChI is InChI=1S/C21H23F2N3O2S/c1-13-14(2)29-19-18(13)20(27)26(12-24-19)11-21(28)5-7-25(8-6-21)10-15-3-4-16(22)17(23)9-15/h3-4,9,12,28H,5-8,10-11H2,1-2H3. The van der Waals surface area contributed by atoms with Crippen molar-refractivity contribution in [1.29, 1.82) is 0 Å². The van der Waals surface area contributed by atoms with Crippen molar-refractivity contribution in [3.05, 3.63) is 62.5 Å². The van der Waals surface area contributed by atoms with Crippen LogP contribution in [0.5, 0.6) is 0 Å². The number of hydrogen-bond acceptors (Lipinski definition) is 5. The lowest BCUT2D eigenvalue weighted by atomic mass is 9.91. The van der Waals surface area contributed by atoms with E-state index < -0.39 is 17.2 Å². The Hall–Kier alpha value is -2.16. The topological polar surface area (TPSA) is 58.4 Å². The van der Waals surface area contributed by atoms with Crippen molar-refractivity contribution < 1.29 is 13.9 Å². The van der Waals surface area contributed by atoms with E-state index >= 15 is 0 Å². The molecule has 5 nitrogen and oxygen atoms in total. The molecule has 0 bridgehead atoms. The number of likely N-dealkylation sites (tertiary alicyclic amines) is 1. The van der Waals surface area contributed by atoms with E-state index in [9.17, 15) is 18.7 Å². The second-order valence-corrected chi connectivity index (χ2v) is 9.09. The summed E-state index contributed by atoms with van der Waals surface area (Å²) in [4.78, 5) is 21.2. The van der Waals surface area contributed by atoms with Gasteiger partial charge in [0, 0.05) is 24.5 Å². The maximum absolute atomic E-state index is 13.4. The molecule has 0 aliphatic carbocycles. The summed E-state index contributed by atoms with van der Waals surface area (Å²) in [6.45, 7) is 5.80. The first kappa shape index (κ1) is 20.1. The summed E-state index contributed by atoms with van der Waals surface area (Å²) in [6, 6.07) is 3.92. The first-order valence-electron chi connectivity index (χ1n) is 9.59. The van der Waals surface area contributed by atoms with E-state index in [4.69, 9.17) is 0 Å². The van der Waals surface area contributed by atoms with E-state index in [1.54, 1.807) is 6.07 Å². The molecule has 1 fully saturated rings. The van der Waals surface area contributed by atoms with E-state index in [1.807, 2.05) is 13.8 Å². The molecule has 0 saturated carbocycles. The highest BCUT2D eigenvalue weighted by atomic mass is 32.1. The SMILES string of the molecule is Cc1sc2ncn(CC3(O)CCN(Cc4ccc(F)c(F)c4)CC3)c(=O)c2c1C. The molecule has 0 unspecified atom stereocenters. The quantitative estimate of drug-likeness (QED) is 0.704.